The summed E-state index contributed by atoms with van der Waals surface area (Å²) in [6.45, 7) is 7.46. The largest absolute Gasteiger partial charge is 0.425 e. The second-order valence-electron chi connectivity index (χ2n) is 11.0. The molecule has 7 nitrogen and oxygen atoms in total. The molecule has 3 aliphatic heterocycles. The Morgan fingerprint density at radius 1 is 0.900 bits per heavy atom. The summed E-state index contributed by atoms with van der Waals surface area (Å²) in [5, 5.41) is 0. The van der Waals surface area contributed by atoms with E-state index in [0.717, 1.165) is 27.3 Å². The van der Waals surface area contributed by atoms with Gasteiger partial charge in [0, 0.05) is 11.3 Å². The molecule has 3 aromatic rings. The number of carbonyl (C=O) groups is 4. The molecule has 0 aromatic heterocycles. The normalized spacial score (nSPS) is 22.8. The molecular formula is C33H30N2O5. The Labute approximate surface area is 233 Å². The van der Waals surface area contributed by atoms with E-state index < -0.39 is 35.8 Å². The van der Waals surface area contributed by atoms with Crippen LogP contribution in [0.25, 0.3) is 6.08 Å². The Hall–Kier alpha value is -4.52. The van der Waals surface area contributed by atoms with Crippen LogP contribution >= 0.6 is 0 Å². The van der Waals surface area contributed by atoms with E-state index in [-0.39, 0.29) is 17.6 Å². The van der Waals surface area contributed by atoms with Crippen LogP contribution in [0.2, 0.25) is 0 Å². The Morgan fingerprint density at radius 3 is 2.30 bits per heavy atom. The van der Waals surface area contributed by atoms with Gasteiger partial charge in [0.15, 0.2) is 5.78 Å². The number of para-hydroxylation sites is 1. The van der Waals surface area contributed by atoms with Crippen LogP contribution in [0.15, 0.2) is 72.8 Å². The lowest BCUT2D eigenvalue weighted by Gasteiger charge is -2.36. The van der Waals surface area contributed by atoms with Crippen LogP contribution in [-0.4, -0.2) is 35.7 Å². The predicted molar refractivity (Wildman–Crippen MR) is 152 cm³/mol. The average molecular weight is 535 g/mol. The third-order valence-electron chi connectivity index (χ3n) is 8.19. The van der Waals surface area contributed by atoms with Crippen molar-refractivity contribution in [1.82, 2.24) is 0 Å². The van der Waals surface area contributed by atoms with Gasteiger partial charge in [-0.25, -0.2) is 9.69 Å². The number of hydrogen-bond donors (Lipinski definition) is 0. The number of rotatable bonds is 5. The quantitative estimate of drug-likeness (QED) is 0.191. The van der Waals surface area contributed by atoms with E-state index in [1.807, 2.05) is 80.3 Å². The first-order chi connectivity index (χ1) is 19.2. The number of ketones is 1. The van der Waals surface area contributed by atoms with Gasteiger partial charge in [0.05, 0.1) is 23.6 Å². The second-order valence-corrected chi connectivity index (χ2v) is 11.0. The maximum absolute atomic E-state index is 14.1. The number of ether oxygens (including phenoxy) is 1. The summed E-state index contributed by atoms with van der Waals surface area (Å²) in [5.41, 5.74) is 4.41. The van der Waals surface area contributed by atoms with Crippen molar-refractivity contribution >= 4 is 41.0 Å². The summed E-state index contributed by atoms with van der Waals surface area (Å²) in [5.74, 6) is -2.58. The fourth-order valence-electron chi connectivity index (χ4n) is 6.26. The molecule has 3 heterocycles. The van der Waals surface area contributed by atoms with Crippen molar-refractivity contribution in [3.05, 3.63) is 95.1 Å². The number of aryl methyl sites for hydroxylation is 1. The third-order valence-corrected chi connectivity index (χ3v) is 8.19. The average Bonchev–Trinajstić information content (AvgIpc) is 3.41. The van der Waals surface area contributed by atoms with Crippen molar-refractivity contribution in [2.75, 3.05) is 9.80 Å². The number of anilines is 2. The first-order valence-corrected chi connectivity index (χ1v) is 13.5. The maximum Gasteiger partial charge on any atom is 0.335 e. The summed E-state index contributed by atoms with van der Waals surface area (Å²) >= 11 is 0. The summed E-state index contributed by atoms with van der Waals surface area (Å²) in [6, 6.07) is 18.4. The van der Waals surface area contributed by atoms with Gasteiger partial charge in [0.25, 0.3) is 0 Å². The van der Waals surface area contributed by atoms with Crippen LogP contribution in [0.5, 0.6) is 5.75 Å². The predicted octanol–water partition coefficient (Wildman–Crippen LogP) is 5.32. The molecule has 0 saturated carbocycles. The van der Waals surface area contributed by atoms with E-state index in [2.05, 4.69) is 0 Å². The molecule has 6 rings (SSSR count). The van der Waals surface area contributed by atoms with E-state index in [0.29, 0.717) is 17.0 Å². The highest BCUT2D eigenvalue weighted by Crippen LogP contribution is 2.49. The van der Waals surface area contributed by atoms with Gasteiger partial charge >= 0.3 is 5.97 Å². The van der Waals surface area contributed by atoms with Crippen LogP contribution < -0.4 is 14.5 Å². The van der Waals surface area contributed by atoms with Crippen molar-refractivity contribution < 1.29 is 23.9 Å². The highest BCUT2D eigenvalue weighted by Gasteiger charge is 2.65. The van der Waals surface area contributed by atoms with Crippen molar-refractivity contribution in [3.8, 4) is 5.75 Å². The molecule has 2 fully saturated rings. The maximum atomic E-state index is 14.1. The van der Waals surface area contributed by atoms with Gasteiger partial charge in [-0.3, -0.25) is 14.4 Å². The highest BCUT2D eigenvalue weighted by molar-refractivity contribution is 6.24. The summed E-state index contributed by atoms with van der Waals surface area (Å²) in [7, 11) is 0. The lowest BCUT2D eigenvalue weighted by molar-refractivity contribution is -0.139. The zero-order valence-electron chi connectivity index (χ0n) is 22.8. The summed E-state index contributed by atoms with van der Waals surface area (Å²) in [4.78, 5) is 56.9. The minimum Gasteiger partial charge on any atom is -0.425 e. The number of nitrogens with zero attached hydrogens (tertiary/aromatic N) is 2. The Morgan fingerprint density at radius 2 is 1.60 bits per heavy atom. The number of benzene rings is 3. The van der Waals surface area contributed by atoms with E-state index in [1.54, 1.807) is 24.3 Å². The van der Waals surface area contributed by atoms with Crippen LogP contribution in [0, 0.1) is 18.8 Å². The van der Waals surface area contributed by atoms with Crippen molar-refractivity contribution in [2.24, 2.45) is 11.8 Å². The Kier molecular flexibility index (Phi) is 6.17. The zero-order valence-corrected chi connectivity index (χ0v) is 22.8. The Bertz CT molecular complexity index is 1590. The monoisotopic (exact) mass is 534 g/mol. The van der Waals surface area contributed by atoms with E-state index in [9.17, 15) is 19.2 Å². The molecule has 2 saturated heterocycles. The SMILES string of the molecule is CC(=O)c1ccc(N2C(=O)[C@H]3[C@H](C2=O)[C@@H](C(=O)Oc2cc(C)ccc2C(C)C)N2c4ccccc4C=C[C@H]32)cc1. The zero-order chi connectivity index (χ0) is 28.3. The van der Waals surface area contributed by atoms with Crippen molar-refractivity contribution in [2.45, 2.75) is 45.7 Å². The van der Waals surface area contributed by atoms with Gasteiger partial charge in [-0.2, -0.15) is 0 Å². The number of amides is 2. The molecule has 202 valence electrons. The van der Waals surface area contributed by atoms with Gasteiger partial charge in [0.2, 0.25) is 11.8 Å². The molecule has 2 amide bonds. The first kappa shape index (κ1) is 25.7. The highest BCUT2D eigenvalue weighted by atomic mass is 16.5. The van der Waals surface area contributed by atoms with E-state index in [4.69, 9.17) is 4.74 Å². The van der Waals surface area contributed by atoms with Crippen LogP contribution in [0.3, 0.4) is 0 Å². The minimum atomic E-state index is -1.00. The number of Topliss-reactive ketones (excluding diaryl/α,β-unsaturated/α-hetero) is 1. The summed E-state index contributed by atoms with van der Waals surface area (Å²) in [6.07, 6.45) is 3.85. The second kappa shape index (κ2) is 9.59. The fraction of sp³-hybridized carbons (Fsp3) is 0.273. The molecule has 0 radical (unpaired) electrons. The molecule has 4 atom stereocenters. The first-order valence-electron chi connectivity index (χ1n) is 13.5. The van der Waals surface area contributed by atoms with Crippen LogP contribution in [0.4, 0.5) is 11.4 Å². The standard InChI is InChI=1S/C33H30N2O5/c1-18(2)24-15-9-19(3)17-27(24)40-33(39)30-29-28(26-16-12-22-7-5-6-8-25(22)35(26)30)31(37)34(32(29)38)23-13-10-21(11-14-23)20(4)36/h5-18,26,28-30H,1-4H3/t26-,28-,29+,30+/m1/s1. The molecule has 3 aromatic carbocycles. The number of imide groups is 1. The lowest BCUT2D eigenvalue weighted by Crippen LogP contribution is -2.50. The van der Waals surface area contributed by atoms with Crippen molar-refractivity contribution in [1.29, 1.82) is 0 Å². The van der Waals surface area contributed by atoms with Gasteiger partial charge in [-0.05, 0) is 72.9 Å². The van der Waals surface area contributed by atoms with Gasteiger partial charge in [-0.15, -0.1) is 0 Å². The van der Waals surface area contributed by atoms with Gasteiger partial charge in [-0.1, -0.05) is 56.3 Å². The molecule has 0 spiro atoms. The van der Waals surface area contributed by atoms with Crippen molar-refractivity contribution in [3.63, 3.8) is 0 Å². The molecule has 0 aliphatic carbocycles. The van der Waals surface area contributed by atoms with Gasteiger partial charge < -0.3 is 9.64 Å². The number of esters is 1. The topological polar surface area (TPSA) is 84.0 Å². The number of fused-ring (bicyclic) bond motifs is 5. The lowest BCUT2D eigenvalue weighted by atomic mass is 9.88. The van der Waals surface area contributed by atoms with E-state index >= 15 is 0 Å². The van der Waals surface area contributed by atoms with Crippen LogP contribution in [0.1, 0.15) is 53.7 Å². The fourth-order valence-corrected chi connectivity index (χ4v) is 6.26. The molecule has 40 heavy (non-hydrogen) atoms. The van der Waals surface area contributed by atoms with E-state index in [1.165, 1.54) is 6.92 Å². The molecule has 0 bridgehead atoms. The summed E-state index contributed by atoms with van der Waals surface area (Å²) < 4.78 is 6.09. The number of carbonyl (C=O) groups excluding carboxylic acids is 4. The minimum absolute atomic E-state index is 0.108. The molecule has 3 aliphatic rings. The number of hydrogen-bond acceptors (Lipinski definition) is 6. The Balaban J connectivity index is 1.43. The molecule has 7 heteroatoms. The smallest absolute Gasteiger partial charge is 0.335 e. The molecular weight excluding hydrogens is 504 g/mol. The van der Waals surface area contributed by atoms with Crippen LogP contribution in [-0.2, 0) is 14.4 Å². The molecule has 0 N–H and O–H groups in total. The molecule has 0 unspecified atom stereocenters. The third kappa shape index (κ3) is 3.96. The van der Waals surface area contributed by atoms with Gasteiger partial charge in [0.1, 0.15) is 11.8 Å².